The van der Waals surface area contributed by atoms with Crippen LogP contribution in [0.25, 0.3) is 0 Å². The van der Waals surface area contributed by atoms with Gasteiger partial charge in [-0.15, -0.1) is 0 Å². The van der Waals surface area contributed by atoms with E-state index in [1.54, 1.807) is 7.11 Å². The van der Waals surface area contributed by atoms with Gasteiger partial charge in [-0.1, -0.05) is 24.2 Å². The van der Waals surface area contributed by atoms with Crippen LogP contribution in [0.15, 0.2) is 28.8 Å². The highest BCUT2D eigenvalue weighted by Gasteiger charge is 2.20. The van der Waals surface area contributed by atoms with Gasteiger partial charge in [0.25, 0.3) is 0 Å². The summed E-state index contributed by atoms with van der Waals surface area (Å²) in [4.78, 5) is 19.0. The van der Waals surface area contributed by atoms with Gasteiger partial charge in [0.05, 0.1) is 7.11 Å². The van der Waals surface area contributed by atoms with Crippen LogP contribution < -0.4 is 10.1 Å². The molecule has 1 saturated heterocycles. The molecule has 1 aromatic carbocycles. The SMILES string of the molecule is CCCc1noc(CCCC(=O)NC2CCN(Cc3cccc(OC)c3)CC2)n1. The molecule has 0 radical (unpaired) electrons. The Morgan fingerprint density at radius 1 is 1.31 bits per heavy atom. The average molecular weight is 401 g/mol. The van der Waals surface area contributed by atoms with E-state index in [1.165, 1.54) is 5.56 Å². The molecule has 0 atom stereocenters. The molecule has 0 bridgehead atoms. The van der Waals surface area contributed by atoms with Crippen molar-refractivity contribution in [3.63, 3.8) is 0 Å². The summed E-state index contributed by atoms with van der Waals surface area (Å²) in [6.45, 7) is 4.99. The van der Waals surface area contributed by atoms with E-state index in [9.17, 15) is 4.79 Å². The van der Waals surface area contributed by atoms with Gasteiger partial charge >= 0.3 is 0 Å². The molecule has 2 aromatic rings. The molecule has 1 fully saturated rings. The van der Waals surface area contributed by atoms with E-state index in [0.29, 0.717) is 18.7 Å². The summed E-state index contributed by atoms with van der Waals surface area (Å²) >= 11 is 0. The molecule has 3 rings (SSSR count). The van der Waals surface area contributed by atoms with Crippen molar-refractivity contribution in [1.82, 2.24) is 20.4 Å². The fourth-order valence-electron chi connectivity index (χ4n) is 3.68. The first-order valence-electron chi connectivity index (χ1n) is 10.6. The Bertz CT molecular complexity index is 769. The molecule has 1 aromatic heterocycles. The molecule has 0 aliphatic carbocycles. The third kappa shape index (κ3) is 6.85. The quantitative estimate of drug-likeness (QED) is 0.660. The van der Waals surface area contributed by atoms with E-state index in [4.69, 9.17) is 9.26 Å². The third-order valence-corrected chi connectivity index (χ3v) is 5.27. The number of carbonyl (C=O) groups is 1. The fraction of sp³-hybridized carbons (Fsp3) is 0.591. The summed E-state index contributed by atoms with van der Waals surface area (Å²) in [6, 6.07) is 8.48. The molecule has 1 amide bonds. The van der Waals surface area contributed by atoms with Crippen LogP contribution in [0.1, 0.15) is 56.3 Å². The fourth-order valence-corrected chi connectivity index (χ4v) is 3.68. The van der Waals surface area contributed by atoms with Gasteiger partial charge in [-0.05, 0) is 43.4 Å². The van der Waals surface area contributed by atoms with Crippen molar-refractivity contribution in [2.24, 2.45) is 0 Å². The molecular formula is C22H32N4O3. The maximum absolute atomic E-state index is 12.2. The van der Waals surface area contributed by atoms with Crippen molar-refractivity contribution in [1.29, 1.82) is 0 Å². The number of piperidine rings is 1. The predicted octanol–water partition coefficient (Wildman–Crippen LogP) is 3.13. The number of nitrogens with one attached hydrogen (secondary N) is 1. The Kier molecular flexibility index (Phi) is 8.04. The summed E-state index contributed by atoms with van der Waals surface area (Å²) in [5.41, 5.74) is 1.26. The molecule has 0 spiro atoms. The van der Waals surface area contributed by atoms with E-state index >= 15 is 0 Å². The number of methoxy groups -OCH3 is 1. The van der Waals surface area contributed by atoms with E-state index in [0.717, 1.165) is 63.3 Å². The zero-order valence-corrected chi connectivity index (χ0v) is 17.5. The monoisotopic (exact) mass is 400 g/mol. The Balaban J connectivity index is 1.32. The average Bonchev–Trinajstić information content (AvgIpc) is 3.17. The van der Waals surface area contributed by atoms with Gasteiger partial charge in [-0.3, -0.25) is 9.69 Å². The van der Waals surface area contributed by atoms with Crippen LogP contribution in [0, 0.1) is 0 Å². The summed E-state index contributed by atoms with van der Waals surface area (Å²) in [6.07, 6.45) is 5.69. The minimum Gasteiger partial charge on any atom is -0.497 e. The van der Waals surface area contributed by atoms with Crippen LogP contribution in [-0.4, -0.2) is 47.2 Å². The van der Waals surface area contributed by atoms with Crippen molar-refractivity contribution in [3.05, 3.63) is 41.5 Å². The lowest BCUT2D eigenvalue weighted by molar-refractivity contribution is -0.122. The van der Waals surface area contributed by atoms with Gasteiger partial charge in [0, 0.05) is 44.9 Å². The zero-order chi connectivity index (χ0) is 20.5. The number of ether oxygens (including phenoxy) is 1. The van der Waals surface area contributed by atoms with Gasteiger partial charge < -0.3 is 14.6 Å². The van der Waals surface area contributed by atoms with E-state index in [1.807, 2.05) is 12.1 Å². The van der Waals surface area contributed by atoms with Crippen molar-refractivity contribution >= 4 is 5.91 Å². The number of amides is 1. The van der Waals surface area contributed by atoms with Crippen LogP contribution >= 0.6 is 0 Å². The first kappa shape index (κ1) is 21.3. The Morgan fingerprint density at radius 3 is 2.90 bits per heavy atom. The molecule has 1 aliphatic rings. The first-order chi connectivity index (χ1) is 14.2. The maximum atomic E-state index is 12.2. The number of hydrogen-bond acceptors (Lipinski definition) is 6. The number of likely N-dealkylation sites (tertiary alicyclic amines) is 1. The second-order valence-corrected chi connectivity index (χ2v) is 7.68. The zero-order valence-electron chi connectivity index (χ0n) is 17.5. The highest BCUT2D eigenvalue weighted by atomic mass is 16.5. The molecule has 2 heterocycles. The van der Waals surface area contributed by atoms with Gasteiger partial charge in [0.15, 0.2) is 5.82 Å². The Labute approximate surface area is 172 Å². The number of rotatable bonds is 10. The van der Waals surface area contributed by atoms with Crippen LogP contribution in [0.5, 0.6) is 5.75 Å². The Hall–Kier alpha value is -2.41. The largest absolute Gasteiger partial charge is 0.497 e. The van der Waals surface area contributed by atoms with Crippen LogP contribution in [0.4, 0.5) is 0 Å². The minimum absolute atomic E-state index is 0.115. The second-order valence-electron chi connectivity index (χ2n) is 7.68. The van der Waals surface area contributed by atoms with Crippen LogP contribution in [0.3, 0.4) is 0 Å². The number of benzene rings is 1. The van der Waals surface area contributed by atoms with Crippen molar-refractivity contribution < 1.29 is 14.1 Å². The van der Waals surface area contributed by atoms with E-state index in [-0.39, 0.29) is 11.9 Å². The molecule has 7 nitrogen and oxygen atoms in total. The standard InChI is InChI=1S/C22H32N4O3/c1-3-6-20-24-22(29-25-20)10-5-9-21(27)23-18-11-13-26(14-12-18)16-17-7-4-8-19(15-17)28-2/h4,7-8,15,18H,3,5-6,9-14,16H2,1-2H3,(H,23,27). The number of carbonyl (C=O) groups excluding carboxylic acids is 1. The molecule has 0 unspecified atom stereocenters. The third-order valence-electron chi connectivity index (χ3n) is 5.27. The summed E-state index contributed by atoms with van der Waals surface area (Å²) in [5, 5.41) is 7.13. The van der Waals surface area contributed by atoms with E-state index in [2.05, 4.69) is 39.4 Å². The van der Waals surface area contributed by atoms with Gasteiger partial charge in [0.2, 0.25) is 11.8 Å². The number of hydrogen-bond donors (Lipinski definition) is 1. The second kappa shape index (κ2) is 11.0. The number of nitrogens with zero attached hydrogens (tertiary/aromatic N) is 3. The maximum Gasteiger partial charge on any atom is 0.226 e. The van der Waals surface area contributed by atoms with Crippen molar-refractivity contribution in [2.75, 3.05) is 20.2 Å². The smallest absolute Gasteiger partial charge is 0.226 e. The van der Waals surface area contributed by atoms with Crippen LogP contribution in [0.2, 0.25) is 0 Å². The predicted molar refractivity (Wildman–Crippen MR) is 111 cm³/mol. The molecule has 29 heavy (non-hydrogen) atoms. The summed E-state index contributed by atoms with van der Waals surface area (Å²) in [5.74, 6) is 2.40. The summed E-state index contributed by atoms with van der Waals surface area (Å²) in [7, 11) is 1.69. The van der Waals surface area contributed by atoms with Crippen LogP contribution in [-0.2, 0) is 24.2 Å². The van der Waals surface area contributed by atoms with Crippen molar-refractivity contribution in [2.45, 2.75) is 64.5 Å². The normalized spacial score (nSPS) is 15.4. The first-order valence-corrected chi connectivity index (χ1v) is 10.6. The molecule has 158 valence electrons. The molecular weight excluding hydrogens is 368 g/mol. The lowest BCUT2D eigenvalue weighted by Crippen LogP contribution is -2.44. The molecule has 0 saturated carbocycles. The van der Waals surface area contributed by atoms with Gasteiger partial charge in [-0.25, -0.2) is 0 Å². The summed E-state index contributed by atoms with van der Waals surface area (Å²) < 4.78 is 10.5. The van der Waals surface area contributed by atoms with Crippen molar-refractivity contribution in [3.8, 4) is 5.75 Å². The highest BCUT2D eigenvalue weighted by molar-refractivity contribution is 5.76. The molecule has 7 heteroatoms. The molecule has 1 aliphatic heterocycles. The lowest BCUT2D eigenvalue weighted by atomic mass is 10.0. The molecule has 1 N–H and O–H groups in total. The Morgan fingerprint density at radius 2 is 2.14 bits per heavy atom. The van der Waals surface area contributed by atoms with Gasteiger partial charge in [0.1, 0.15) is 5.75 Å². The van der Waals surface area contributed by atoms with Gasteiger partial charge in [-0.2, -0.15) is 4.98 Å². The number of aromatic nitrogens is 2. The lowest BCUT2D eigenvalue weighted by Gasteiger charge is -2.32. The highest BCUT2D eigenvalue weighted by Crippen LogP contribution is 2.18. The minimum atomic E-state index is 0.115. The number of aryl methyl sites for hydroxylation is 2. The van der Waals surface area contributed by atoms with E-state index < -0.39 is 0 Å². The topological polar surface area (TPSA) is 80.5 Å².